The summed E-state index contributed by atoms with van der Waals surface area (Å²) in [6, 6.07) is 12.3. The summed E-state index contributed by atoms with van der Waals surface area (Å²) in [5.41, 5.74) is 1.55. The lowest BCUT2D eigenvalue weighted by molar-refractivity contribution is -0.145. The maximum absolute atomic E-state index is 11.9. The fourth-order valence-electron chi connectivity index (χ4n) is 2.59. The number of benzene rings is 2. The van der Waals surface area contributed by atoms with Crippen LogP contribution in [0.3, 0.4) is 0 Å². The van der Waals surface area contributed by atoms with Crippen LogP contribution in [0.4, 0.5) is 0 Å². The highest BCUT2D eigenvalue weighted by Crippen LogP contribution is 2.32. The Bertz CT molecular complexity index is 1090. The van der Waals surface area contributed by atoms with Gasteiger partial charge in [0.05, 0.1) is 0 Å². The van der Waals surface area contributed by atoms with Crippen LogP contribution in [0.25, 0.3) is 11.5 Å². The molecule has 1 N–H and O–H groups in total. The number of thioether (sulfide) groups is 1. The molecule has 1 aliphatic heterocycles. The van der Waals surface area contributed by atoms with Crippen molar-refractivity contribution in [3.63, 3.8) is 0 Å². The van der Waals surface area contributed by atoms with E-state index < -0.39 is 11.9 Å². The van der Waals surface area contributed by atoms with Crippen molar-refractivity contribution in [2.24, 2.45) is 0 Å². The largest absolute Gasteiger partial charge is 0.455 e. The summed E-state index contributed by atoms with van der Waals surface area (Å²) in [6.07, 6.45) is 0. The number of ether oxygens (including phenoxy) is 3. The quantitative estimate of drug-likeness (QED) is 0.399. The van der Waals surface area contributed by atoms with Crippen LogP contribution in [0.15, 0.2) is 52.1 Å². The second-order valence-electron chi connectivity index (χ2n) is 6.29. The number of carbonyl (C=O) groups excluding carboxylic acids is 2. The third-order valence-electron chi connectivity index (χ3n) is 4.10. The fraction of sp³-hybridized carbons (Fsp3) is 0.200. The van der Waals surface area contributed by atoms with Crippen LogP contribution in [-0.4, -0.2) is 41.2 Å². The van der Waals surface area contributed by atoms with Crippen LogP contribution in [0.5, 0.6) is 11.5 Å². The van der Waals surface area contributed by atoms with E-state index in [0.29, 0.717) is 28.0 Å². The van der Waals surface area contributed by atoms with Crippen molar-refractivity contribution in [2.45, 2.75) is 11.8 Å². The number of carbonyl (C=O) groups is 2. The average Bonchev–Trinajstić information content (AvgIpc) is 3.44. The van der Waals surface area contributed by atoms with E-state index in [1.54, 1.807) is 36.4 Å². The third kappa shape index (κ3) is 5.68. The maximum atomic E-state index is 11.9. The van der Waals surface area contributed by atoms with E-state index in [9.17, 15) is 9.59 Å². The zero-order valence-corrected chi connectivity index (χ0v) is 17.6. The van der Waals surface area contributed by atoms with E-state index in [1.165, 1.54) is 0 Å². The van der Waals surface area contributed by atoms with Crippen LogP contribution in [-0.2, 0) is 20.9 Å². The van der Waals surface area contributed by atoms with Gasteiger partial charge in [0.1, 0.15) is 5.75 Å². The SMILES string of the molecule is O=C(COC(=O)CSc1nnc(-c2ccc(Cl)cc2)o1)NCc1ccc2c(c1)OCO2. The Morgan fingerprint density at radius 1 is 1.10 bits per heavy atom. The molecule has 0 aliphatic carbocycles. The Labute approximate surface area is 186 Å². The zero-order valence-electron chi connectivity index (χ0n) is 16.0. The number of esters is 1. The van der Waals surface area contributed by atoms with Gasteiger partial charge in [0, 0.05) is 17.1 Å². The van der Waals surface area contributed by atoms with Crippen molar-refractivity contribution in [1.82, 2.24) is 15.5 Å². The normalized spacial score (nSPS) is 11.9. The van der Waals surface area contributed by atoms with Crippen LogP contribution in [0, 0.1) is 0 Å². The topological polar surface area (TPSA) is 113 Å². The van der Waals surface area contributed by atoms with Crippen LogP contribution in [0.2, 0.25) is 5.02 Å². The number of hydrogen-bond donors (Lipinski definition) is 1. The van der Waals surface area contributed by atoms with E-state index in [2.05, 4.69) is 15.5 Å². The number of aromatic nitrogens is 2. The standard InChI is InChI=1S/C20H16ClN3O6S/c21-14-4-2-13(3-5-14)19-23-24-20(30-19)31-10-18(26)27-9-17(25)22-8-12-1-6-15-16(7-12)29-11-28-15/h1-7H,8-11H2,(H,22,25). The maximum Gasteiger partial charge on any atom is 0.316 e. The summed E-state index contributed by atoms with van der Waals surface area (Å²) in [7, 11) is 0. The Kier molecular flexibility index (Phi) is 6.58. The minimum atomic E-state index is -0.575. The Balaban J connectivity index is 1.17. The van der Waals surface area contributed by atoms with E-state index >= 15 is 0 Å². The smallest absolute Gasteiger partial charge is 0.316 e. The van der Waals surface area contributed by atoms with Gasteiger partial charge in [-0.15, -0.1) is 10.2 Å². The molecule has 1 amide bonds. The number of rotatable bonds is 8. The van der Waals surface area contributed by atoms with Crippen molar-refractivity contribution in [3.05, 3.63) is 53.1 Å². The molecule has 0 saturated carbocycles. The van der Waals surface area contributed by atoms with E-state index in [4.69, 9.17) is 30.2 Å². The first-order valence-corrected chi connectivity index (χ1v) is 10.5. The lowest BCUT2D eigenvalue weighted by Gasteiger charge is -2.07. The Morgan fingerprint density at radius 2 is 1.90 bits per heavy atom. The number of amides is 1. The van der Waals surface area contributed by atoms with Crippen molar-refractivity contribution in [1.29, 1.82) is 0 Å². The molecule has 0 radical (unpaired) electrons. The second-order valence-corrected chi connectivity index (χ2v) is 7.66. The molecule has 1 aliphatic rings. The molecule has 4 rings (SSSR count). The van der Waals surface area contributed by atoms with Gasteiger partial charge in [-0.3, -0.25) is 9.59 Å². The molecule has 3 aromatic rings. The second kappa shape index (κ2) is 9.71. The highest BCUT2D eigenvalue weighted by atomic mass is 35.5. The molecule has 0 unspecified atom stereocenters. The van der Waals surface area contributed by atoms with Gasteiger partial charge in [0.25, 0.3) is 11.1 Å². The molecule has 0 spiro atoms. The van der Waals surface area contributed by atoms with Gasteiger partial charge in [0.2, 0.25) is 12.7 Å². The summed E-state index contributed by atoms with van der Waals surface area (Å²) in [6.45, 7) is 0.0756. The Hall–Kier alpha value is -3.24. The van der Waals surface area contributed by atoms with Crippen molar-refractivity contribution < 1.29 is 28.2 Å². The predicted octanol–water partition coefficient (Wildman–Crippen LogP) is 3.07. The van der Waals surface area contributed by atoms with Gasteiger partial charge in [0.15, 0.2) is 18.1 Å². The van der Waals surface area contributed by atoms with Crippen molar-refractivity contribution in [3.8, 4) is 23.0 Å². The summed E-state index contributed by atoms with van der Waals surface area (Å²) >= 11 is 6.87. The highest BCUT2D eigenvalue weighted by Gasteiger charge is 2.15. The highest BCUT2D eigenvalue weighted by molar-refractivity contribution is 7.99. The third-order valence-corrected chi connectivity index (χ3v) is 5.15. The molecule has 9 nitrogen and oxygen atoms in total. The lowest BCUT2D eigenvalue weighted by atomic mass is 10.2. The van der Waals surface area contributed by atoms with Gasteiger partial charge in [-0.05, 0) is 42.0 Å². The minimum Gasteiger partial charge on any atom is -0.455 e. The summed E-state index contributed by atoms with van der Waals surface area (Å²) < 4.78 is 21.0. The molecule has 11 heteroatoms. The van der Waals surface area contributed by atoms with Gasteiger partial charge < -0.3 is 23.9 Å². The van der Waals surface area contributed by atoms with Gasteiger partial charge >= 0.3 is 5.97 Å². The van der Waals surface area contributed by atoms with Crippen LogP contribution < -0.4 is 14.8 Å². The first-order chi connectivity index (χ1) is 15.1. The van der Waals surface area contributed by atoms with Gasteiger partial charge in [-0.1, -0.05) is 29.4 Å². The molecule has 0 bridgehead atoms. The molecule has 0 saturated heterocycles. The monoisotopic (exact) mass is 461 g/mol. The molecule has 0 atom stereocenters. The Morgan fingerprint density at radius 3 is 2.74 bits per heavy atom. The first-order valence-electron chi connectivity index (χ1n) is 9.10. The van der Waals surface area contributed by atoms with Crippen molar-refractivity contribution in [2.75, 3.05) is 19.2 Å². The first kappa shape index (κ1) is 21.0. The number of fused-ring (bicyclic) bond motifs is 1. The van der Waals surface area contributed by atoms with E-state index in [1.807, 2.05) is 6.07 Å². The zero-order chi connectivity index (χ0) is 21.6. The molecule has 2 heterocycles. The molecular formula is C20H16ClN3O6S. The van der Waals surface area contributed by atoms with Gasteiger partial charge in [-0.25, -0.2) is 0 Å². The number of nitrogens with one attached hydrogen (secondary N) is 1. The average molecular weight is 462 g/mol. The van der Waals surface area contributed by atoms with Crippen LogP contribution >= 0.6 is 23.4 Å². The minimum absolute atomic E-state index is 0.0717. The molecule has 31 heavy (non-hydrogen) atoms. The number of halogens is 1. The van der Waals surface area contributed by atoms with E-state index in [-0.39, 0.29) is 30.9 Å². The van der Waals surface area contributed by atoms with E-state index in [0.717, 1.165) is 17.3 Å². The molecular weight excluding hydrogens is 446 g/mol. The molecule has 1 aromatic heterocycles. The molecule has 2 aromatic carbocycles. The molecule has 0 fully saturated rings. The molecule has 160 valence electrons. The summed E-state index contributed by atoms with van der Waals surface area (Å²) in [4.78, 5) is 23.8. The number of nitrogens with zero attached hydrogens (tertiary/aromatic N) is 2. The number of hydrogen-bond acceptors (Lipinski definition) is 9. The van der Waals surface area contributed by atoms with Crippen LogP contribution in [0.1, 0.15) is 5.56 Å². The fourth-order valence-corrected chi connectivity index (χ4v) is 3.28. The van der Waals surface area contributed by atoms with Crippen molar-refractivity contribution >= 4 is 35.2 Å². The summed E-state index contributed by atoms with van der Waals surface area (Å²) in [5.74, 6) is 0.555. The predicted molar refractivity (Wildman–Crippen MR) is 111 cm³/mol. The lowest BCUT2D eigenvalue weighted by Crippen LogP contribution is -2.28. The summed E-state index contributed by atoms with van der Waals surface area (Å²) in [5, 5.41) is 11.3. The van der Waals surface area contributed by atoms with Gasteiger partial charge in [-0.2, -0.15) is 0 Å².